The average Bonchev–Trinajstić information content (AvgIpc) is 2.79. The van der Waals surface area contributed by atoms with Gasteiger partial charge in [-0.3, -0.25) is 4.98 Å². The first-order valence-electron chi connectivity index (χ1n) is 9.23. The maximum atomic E-state index is 14.6. The normalized spacial score (nSPS) is 11.1. The summed E-state index contributed by atoms with van der Waals surface area (Å²) in [6.45, 7) is 0.571. The standard InChI is InChI=1S/C24H21N2OP/c27-28(21-12-3-1-4-13-21,22-14-5-2-6-15-22)24-17-8-7-16-23(24)26-19-20-11-9-10-18-25-20/h1-18,26H,19H2. The number of aromatic nitrogens is 1. The van der Waals surface area contributed by atoms with Crippen molar-refractivity contribution < 1.29 is 4.57 Å². The third-order valence-corrected chi connectivity index (χ3v) is 7.79. The van der Waals surface area contributed by atoms with Crippen molar-refractivity contribution in [2.24, 2.45) is 0 Å². The van der Waals surface area contributed by atoms with E-state index in [9.17, 15) is 4.57 Å². The first-order chi connectivity index (χ1) is 13.8. The summed E-state index contributed by atoms with van der Waals surface area (Å²) in [5, 5.41) is 5.90. The Morgan fingerprint density at radius 3 is 1.86 bits per heavy atom. The van der Waals surface area contributed by atoms with Crippen LogP contribution in [-0.2, 0) is 11.1 Å². The topological polar surface area (TPSA) is 42.0 Å². The van der Waals surface area contributed by atoms with Crippen LogP contribution >= 0.6 is 7.14 Å². The number of para-hydroxylation sites is 1. The molecule has 0 aliphatic rings. The maximum absolute atomic E-state index is 14.6. The summed E-state index contributed by atoms with van der Waals surface area (Å²) in [6.07, 6.45) is 1.78. The highest BCUT2D eigenvalue weighted by Gasteiger charge is 2.31. The molecule has 0 unspecified atom stereocenters. The Hall–Kier alpha value is -3.16. The molecule has 4 heteroatoms. The second-order valence-corrected chi connectivity index (χ2v) is 9.21. The van der Waals surface area contributed by atoms with Gasteiger partial charge in [-0.25, -0.2) is 0 Å². The minimum atomic E-state index is -3.02. The molecule has 138 valence electrons. The smallest absolute Gasteiger partial charge is 0.173 e. The van der Waals surface area contributed by atoms with E-state index in [4.69, 9.17) is 0 Å². The van der Waals surface area contributed by atoms with Gasteiger partial charge in [0.25, 0.3) is 0 Å². The van der Waals surface area contributed by atoms with E-state index in [1.54, 1.807) is 6.20 Å². The highest BCUT2D eigenvalue weighted by molar-refractivity contribution is 7.85. The molecule has 0 aliphatic carbocycles. The molecule has 1 aromatic heterocycles. The molecule has 0 radical (unpaired) electrons. The first-order valence-corrected chi connectivity index (χ1v) is 10.9. The van der Waals surface area contributed by atoms with Crippen LogP contribution in [0.4, 0.5) is 5.69 Å². The molecule has 0 bridgehead atoms. The predicted molar refractivity (Wildman–Crippen MR) is 117 cm³/mol. The summed E-state index contributed by atoms with van der Waals surface area (Å²) in [6, 6.07) is 33.1. The quantitative estimate of drug-likeness (QED) is 0.503. The summed E-state index contributed by atoms with van der Waals surface area (Å²) in [5.74, 6) is 0. The van der Waals surface area contributed by atoms with Crippen molar-refractivity contribution in [1.82, 2.24) is 4.98 Å². The van der Waals surface area contributed by atoms with Crippen molar-refractivity contribution in [3.05, 3.63) is 115 Å². The van der Waals surface area contributed by atoms with Crippen molar-refractivity contribution in [2.75, 3.05) is 5.32 Å². The number of hydrogen-bond acceptors (Lipinski definition) is 3. The molecule has 0 spiro atoms. The van der Waals surface area contributed by atoms with E-state index in [0.29, 0.717) is 6.54 Å². The van der Waals surface area contributed by atoms with E-state index in [1.807, 2.05) is 103 Å². The van der Waals surface area contributed by atoms with Crippen LogP contribution in [0.25, 0.3) is 0 Å². The monoisotopic (exact) mass is 384 g/mol. The zero-order valence-electron chi connectivity index (χ0n) is 15.4. The number of anilines is 1. The fourth-order valence-electron chi connectivity index (χ4n) is 3.29. The molecule has 4 aromatic rings. The Bertz CT molecular complexity index is 1040. The number of hydrogen-bond donors (Lipinski definition) is 1. The predicted octanol–water partition coefficient (Wildman–Crippen LogP) is 4.33. The number of nitrogens with zero attached hydrogens (tertiary/aromatic N) is 1. The Labute approximate surface area is 165 Å². The fourth-order valence-corrected chi connectivity index (χ4v) is 6.12. The second-order valence-electron chi connectivity index (χ2n) is 6.47. The van der Waals surface area contributed by atoms with Gasteiger partial charge in [0, 0.05) is 27.8 Å². The number of rotatable bonds is 6. The Morgan fingerprint density at radius 1 is 0.679 bits per heavy atom. The van der Waals surface area contributed by atoms with Crippen LogP contribution in [-0.4, -0.2) is 4.98 Å². The van der Waals surface area contributed by atoms with Crippen molar-refractivity contribution >= 4 is 28.7 Å². The van der Waals surface area contributed by atoms with Gasteiger partial charge in [0.15, 0.2) is 7.14 Å². The highest BCUT2D eigenvalue weighted by atomic mass is 31.2. The molecule has 0 amide bonds. The maximum Gasteiger partial charge on any atom is 0.173 e. The van der Waals surface area contributed by atoms with Gasteiger partial charge < -0.3 is 9.88 Å². The Kier molecular flexibility index (Phi) is 5.36. The fraction of sp³-hybridized carbons (Fsp3) is 0.0417. The van der Waals surface area contributed by atoms with Crippen molar-refractivity contribution in [3.8, 4) is 0 Å². The third-order valence-electron chi connectivity index (χ3n) is 4.67. The van der Waals surface area contributed by atoms with Crippen LogP contribution in [0.5, 0.6) is 0 Å². The van der Waals surface area contributed by atoms with Crippen LogP contribution in [0.3, 0.4) is 0 Å². The lowest BCUT2D eigenvalue weighted by atomic mass is 10.3. The Morgan fingerprint density at radius 2 is 1.25 bits per heavy atom. The van der Waals surface area contributed by atoms with Gasteiger partial charge in [0.2, 0.25) is 0 Å². The second kappa shape index (κ2) is 8.24. The molecule has 3 aromatic carbocycles. The van der Waals surface area contributed by atoms with Gasteiger partial charge in [-0.1, -0.05) is 78.9 Å². The van der Waals surface area contributed by atoms with Gasteiger partial charge in [-0.05, 0) is 24.3 Å². The molecule has 0 aliphatic heterocycles. The third kappa shape index (κ3) is 3.62. The minimum Gasteiger partial charge on any atom is -0.379 e. The highest BCUT2D eigenvalue weighted by Crippen LogP contribution is 2.44. The molecule has 0 saturated carbocycles. The molecule has 0 atom stereocenters. The summed E-state index contributed by atoms with van der Waals surface area (Å²) in [7, 11) is -3.02. The zero-order valence-corrected chi connectivity index (χ0v) is 16.3. The molecule has 4 rings (SSSR count). The molecule has 0 fully saturated rings. The molecular formula is C24H21N2OP. The average molecular weight is 384 g/mol. The molecular weight excluding hydrogens is 363 g/mol. The van der Waals surface area contributed by atoms with Crippen LogP contribution < -0.4 is 21.2 Å². The van der Waals surface area contributed by atoms with E-state index in [2.05, 4.69) is 10.3 Å². The van der Waals surface area contributed by atoms with E-state index < -0.39 is 7.14 Å². The zero-order chi connectivity index (χ0) is 19.2. The van der Waals surface area contributed by atoms with Crippen LogP contribution in [0.2, 0.25) is 0 Å². The molecule has 28 heavy (non-hydrogen) atoms. The molecule has 3 nitrogen and oxygen atoms in total. The molecule has 0 saturated heterocycles. The van der Waals surface area contributed by atoms with Crippen molar-refractivity contribution in [1.29, 1.82) is 0 Å². The summed E-state index contributed by atoms with van der Waals surface area (Å²) < 4.78 is 14.6. The number of pyridine rings is 1. The van der Waals surface area contributed by atoms with Crippen molar-refractivity contribution in [2.45, 2.75) is 6.54 Å². The number of benzene rings is 3. The van der Waals surface area contributed by atoms with E-state index in [1.165, 1.54) is 0 Å². The van der Waals surface area contributed by atoms with E-state index in [-0.39, 0.29) is 0 Å². The number of nitrogens with one attached hydrogen (secondary N) is 1. The van der Waals surface area contributed by atoms with Gasteiger partial charge in [-0.15, -0.1) is 0 Å². The van der Waals surface area contributed by atoms with E-state index in [0.717, 1.165) is 27.3 Å². The lowest BCUT2D eigenvalue weighted by molar-refractivity contribution is 0.592. The van der Waals surface area contributed by atoms with Gasteiger partial charge in [-0.2, -0.15) is 0 Å². The summed E-state index contributed by atoms with van der Waals surface area (Å²) in [5.41, 5.74) is 1.80. The van der Waals surface area contributed by atoms with Gasteiger partial charge >= 0.3 is 0 Å². The molecule has 1 heterocycles. The minimum absolute atomic E-state index is 0.571. The largest absolute Gasteiger partial charge is 0.379 e. The molecule has 1 N–H and O–H groups in total. The van der Waals surface area contributed by atoms with Gasteiger partial charge in [0.05, 0.1) is 12.2 Å². The first kappa shape index (κ1) is 18.2. The van der Waals surface area contributed by atoms with Gasteiger partial charge in [0.1, 0.15) is 0 Å². The van der Waals surface area contributed by atoms with Crippen molar-refractivity contribution in [3.63, 3.8) is 0 Å². The van der Waals surface area contributed by atoms with Crippen LogP contribution in [0, 0.1) is 0 Å². The lowest BCUT2D eigenvalue weighted by Gasteiger charge is -2.23. The summed E-state index contributed by atoms with van der Waals surface area (Å²) in [4.78, 5) is 4.37. The SMILES string of the molecule is O=P(c1ccccc1)(c1ccccc1)c1ccccc1NCc1ccccn1. The van der Waals surface area contributed by atoms with Crippen LogP contribution in [0.1, 0.15) is 5.69 Å². The Balaban J connectivity index is 1.81. The van der Waals surface area contributed by atoms with Crippen LogP contribution in [0.15, 0.2) is 109 Å². The summed E-state index contributed by atoms with van der Waals surface area (Å²) >= 11 is 0. The lowest BCUT2D eigenvalue weighted by Crippen LogP contribution is -2.27. The van der Waals surface area contributed by atoms with E-state index >= 15 is 0 Å².